The first-order valence-electron chi connectivity index (χ1n) is 3.77. The SMILES string of the molecule is Nc1ccc2c(c1)C(O)N=CN2O. The zero-order valence-corrected chi connectivity index (χ0v) is 6.75. The molecule has 1 aliphatic heterocycles. The van der Waals surface area contributed by atoms with Gasteiger partial charge in [0.15, 0.2) is 6.23 Å². The van der Waals surface area contributed by atoms with Crippen LogP contribution in [0.2, 0.25) is 0 Å². The first-order valence-corrected chi connectivity index (χ1v) is 3.77. The Kier molecular flexibility index (Phi) is 1.68. The maximum atomic E-state index is 9.41. The highest BCUT2D eigenvalue weighted by molar-refractivity contribution is 5.81. The number of rotatable bonds is 0. The Bertz CT molecular complexity index is 364. The second-order valence-corrected chi connectivity index (χ2v) is 2.80. The van der Waals surface area contributed by atoms with E-state index in [1.165, 1.54) is 0 Å². The number of aliphatic hydroxyl groups is 1. The summed E-state index contributed by atoms with van der Waals surface area (Å²) in [6, 6.07) is 4.85. The van der Waals surface area contributed by atoms with Crippen LogP contribution in [-0.4, -0.2) is 16.7 Å². The van der Waals surface area contributed by atoms with Crippen LogP contribution in [0.3, 0.4) is 0 Å². The largest absolute Gasteiger partial charge is 0.399 e. The van der Waals surface area contributed by atoms with E-state index in [9.17, 15) is 10.3 Å². The Morgan fingerprint density at radius 1 is 1.46 bits per heavy atom. The van der Waals surface area contributed by atoms with Gasteiger partial charge in [0.25, 0.3) is 0 Å². The number of nitrogen functional groups attached to an aromatic ring is 1. The van der Waals surface area contributed by atoms with Crippen molar-refractivity contribution in [3.63, 3.8) is 0 Å². The van der Waals surface area contributed by atoms with Gasteiger partial charge in [-0.05, 0) is 18.2 Å². The summed E-state index contributed by atoms with van der Waals surface area (Å²) < 4.78 is 0. The number of hydroxylamine groups is 1. The van der Waals surface area contributed by atoms with Crippen LogP contribution < -0.4 is 10.8 Å². The summed E-state index contributed by atoms with van der Waals surface area (Å²) in [5, 5.41) is 19.6. The van der Waals surface area contributed by atoms with Crippen molar-refractivity contribution in [3.05, 3.63) is 23.8 Å². The molecule has 0 saturated heterocycles. The van der Waals surface area contributed by atoms with Gasteiger partial charge in [-0.3, -0.25) is 5.21 Å². The van der Waals surface area contributed by atoms with Crippen LogP contribution in [0.25, 0.3) is 0 Å². The van der Waals surface area contributed by atoms with Gasteiger partial charge in [0.2, 0.25) is 0 Å². The lowest BCUT2D eigenvalue weighted by atomic mass is 10.1. The molecule has 0 radical (unpaired) electrons. The fourth-order valence-corrected chi connectivity index (χ4v) is 1.26. The molecule has 1 aliphatic rings. The Balaban J connectivity index is 2.56. The molecule has 0 aliphatic carbocycles. The summed E-state index contributed by atoms with van der Waals surface area (Å²) >= 11 is 0. The van der Waals surface area contributed by atoms with Crippen molar-refractivity contribution in [1.29, 1.82) is 0 Å². The van der Waals surface area contributed by atoms with Gasteiger partial charge < -0.3 is 10.8 Å². The lowest BCUT2D eigenvalue weighted by molar-refractivity contribution is 0.181. The molecule has 0 spiro atoms. The van der Waals surface area contributed by atoms with Crippen molar-refractivity contribution < 1.29 is 10.3 Å². The molecule has 1 unspecified atom stereocenters. The lowest BCUT2D eigenvalue weighted by Crippen LogP contribution is -2.22. The molecule has 2 rings (SSSR count). The Morgan fingerprint density at radius 2 is 2.23 bits per heavy atom. The number of nitrogens with two attached hydrogens (primary N) is 1. The summed E-state index contributed by atoms with van der Waals surface area (Å²) in [5.41, 5.74) is 7.06. The van der Waals surface area contributed by atoms with Gasteiger partial charge in [-0.15, -0.1) is 0 Å². The maximum Gasteiger partial charge on any atom is 0.175 e. The average Bonchev–Trinajstić information content (AvgIpc) is 2.12. The molecule has 5 nitrogen and oxygen atoms in total. The van der Waals surface area contributed by atoms with Gasteiger partial charge in [-0.25, -0.2) is 10.1 Å². The molecule has 1 aromatic carbocycles. The van der Waals surface area contributed by atoms with Crippen LogP contribution in [-0.2, 0) is 0 Å². The summed E-state index contributed by atoms with van der Waals surface area (Å²) in [5.74, 6) is 0. The molecular formula is C8H9N3O2. The minimum absolute atomic E-state index is 0.497. The van der Waals surface area contributed by atoms with Gasteiger partial charge in [-0.1, -0.05) is 0 Å². The first kappa shape index (κ1) is 8.03. The number of nitrogens with zero attached hydrogens (tertiary/aromatic N) is 2. The Labute approximate surface area is 74.7 Å². The number of aliphatic imine (C=N–C) groups is 1. The number of aliphatic hydroxyl groups excluding tert-OH is 1. The van der Waals surface area contributed by atoms with Crippen molar-refractivity contribution >= 4 is 17.7 Å². The quantitative estimate of drug-likeness (QED) is 0.506. The van der Waals surface area contributed by atoms with Crippen LogP contribution in [0.1, 0.15) is 11.8 Å². The Morgan fingerprint density at radius 3 is 3.00 bits per heavy atom. The van der Waals surface area contributed by atoms with Crippen LogP contribution in [0.15, 0.2) is 23.2 Å². The van der Waals surface area contributed by atoms with E-state index >= 15 is 0 Å². The molecule has 1 atom stereocenters. The molecule has 5 heteroatoms. The smallest absolute Gasteiger partial charge is 0.175 e. The molecule has 0 saturated carbocycles. The summed E-state index contributed by atoms with van der Waals surface area (Å²) in [6.07, 6.45) is 0.213. The minimum atomic E-state index is -0.943. The van der Waals surface area contributed by atoms with Crippen molar-refractivity contribution in [2.24, 2.45) is 4.99 Å². The van der Waals surface area contributed by atoms with Crippen LogP contribution in [0, 0.1) is 0 Å². The zero-order valence-electron chi connectivity index (χ0n) is 6.75. The number of hydrogen-bond acceptors (Lipinski definition) is 5. The van der Waals surface area contributed by atoms with Gasteiger partial charge >= 0.3 is 0 Å². The van der Waals surface area contributed by atoms with E-state index in [2.05, 4.69) is 4.99 Å². The van der Waals surface area contributed by atoms with E-state index in [0.717, 1.165) is 11.4 Å². The second-order valence-electron chi connectivity index (χ2n) is 2.80. The fourth-order valence-electron chi connectivity index (χ4n) is 1.26. The molecule has 1 heterocycles. The van der Waals surface area contributed by atoms with Gasteiger partial charge in [0.05, 0.1) is 5.69 Å². The molecule has 68 valence electrons. The number of fused-ring (bicyclic) bond motifs is 1. The zero-order chi connectivity index (χ0) is 9.42. The molecule has 1 aromatic rings. The highest BCUT2D eigenvalue weighted by atomic mass is 16.5. The van der Waals surface area contributed by atoms with E-state index in [0.29, 0.717) is 16.9 Å². The molecule has 13 heavy (non-hydrogen) atoms. The summed E-state index contributed by atoms with van der Waals surface area (Å²) in [4.78, 5) is 3.64. The van der Waals surface area contributed by atoms with E-state index < -0.39 is 6.23 Å². The number of anilines is 2. The predicted molar refractivity (Wildman–Crippen MR) is 48.6 cm³/mol. The summed E-state index contributed by atoms with van der Waals surface area (Å²) in [7, 11) is 0. The van der Waals surface area contributed by atoms with Crippen molar-refractivity contribution in [3.8, 4) is 0 Å². The van der Waals surface area contributed by atoms with Crippen molar-refractivity contribution in [2.75, 3.05) is 10.8 Å². The molecule has 0 aromatic heterocycles. The molecule has 0 amide bonds. The lowest BCUT2D eigenvalue weighted by Gasteiger charge is -2.22. The van der Waals surface area contributed by atoms with E-state index in [4.69, 9.17) is 5.73 Å². The third kappa shape index (κ3) is 1.24. The van der Waals surface area contributed by atoms with E-state index in [1.54, 1.807) is 18.2 Å². The average molecular weight is 179 g/mol. The highest BCUT2D eigenvalue weighted by Crippen LogP contribution is 2.30. The van der Waals surface area contributed by atoms with Crippen LogP contribution in [0.4, 0.5) is 11.4 Å². The van der Waals surface area contributed by atoms with Crippen molar-refractivity contribution in [2.45, 2.75) is 6.23 Å². The van der Waals surface area contributed by atoms with Crippen LogP contribution >= 0.6 is 0 Å². The number of hydrogen-bond donors (Lipinski definition) is 3. The second kappa shape index (κ2) is 2.72. The third-order valence-electron chi connectivity index (χ3n) is 1.89. The topological polar surface area (TPSA) is 82.1 Å². The van der Waals surface area contributed by atoms with E-state index in [1.807, 2.05) is 0 Å². The van der Waals surface area contributed by atoms with Gasteiger partial charge in [0, 0.05) is 11.3 Å². The first-order chi connectivity index (χ1) is 6.18. The minimum Gasteiger partial charge on any atom is -0.399 e. The molecule has 0 bridgehead atoms. The fraction of sp³-hybridized carbons (Fsp3) is 0.125. The van der Waals surface area contributed by atoms with Crippen LogP contribution in [0.5, 0.6) is 0 Å². The molecule has 4 N–H and O–H groups in total. The number of benzene rings is 1. The highest BCUT2D eigenvalue weighted by Gasteiger charge is 2.18. The third-order valence-corrected chi connectivity index (χ3v) is 1.89. The van der Waals surface area contributed by atoms with Gasteiger partial charge in [-0.2, -0.15) is 0 Å². The predicted octanol–water partition coefficient (Wildman–Crippen LogP) is 0.497. The maximum absolute atomic E-state index is 9.41. The molecular weight excluding hydrogens is 170 g/mol. The standard InChI is InChI=1S/C8H9N3O2/c9-5-1-2-7-6(3-5)8(12)10-4-11(7)13/h1-4,8,12-13H,9H2. The molecule has 0 fully saturated rings. The Hall–Kier alpha value is -1.59. The van der Waals surface area contributed by atoms with Gasteiger partial charge in [0.1, 0.15) is 6.34 Å². The van der Waals surface area contributed by atoms with Crippen molar-refractivity contribution in [1.82, 2.24) is 0 Å². The van der Waals surface area contributed by atoms with E-state index in [-0.39, 0.29) is 0 Å². The normalized spacial score (nSPS) is 20.2. The monoisotopic (exact) mass is 179 g/mol. The summed E-state index contributed by atoms with van der Waals surface area (Å²) in [6.45, 7) is 0.